The van der Waals surface area contributed by atoms with E-state index < -0.39 is 17.6 Å². The molecule has 0 rings (SSSR count). The van der Waals surface area contributed by atoms with E-state index in [1.165, 1.54) is 14.2 Å². The summed E-state index contributed by atoms with van der Waals surface area (Å²) in [6, 6.07) is 0. The molecule has 0 bridgehead atoms. The molecular weight excluding hydrogens is 186 g/mol. The zero-order valence-corrected chi connectivity index (χ0v) is 9.21. The van der Waals surface area contributed by atoms with Crippen LogP contribution in [0.15, 0.2) is 0 Å². The molecular formula is C9H17NO4. The first-order valence-electron chi connectivity index (χ1n) is 4.28. The Bertz CT molecular complexity index is 225. The molecule has 1 atom stereocenters. The predicted octanol–water partition coefficient (Wildman–Crippen LogP) is 0.0891. The molecule has 0 saturated carbocycles. The second kappa shape index (κ2) is 4.95. The molecule has 5 nitrogen and oxygen atoms in total. The summed E-state index contributed by atoms with van der Waals surface area (Å²) >= 11 is 0. The van der Waals surface area contributed by atoms with Crippen LogP contribution in [0, 0.1) is 0 Å². The highest BCUT2D eigenvalue weighted by Crippen LogP contribution is 2.05. The number of hydrogen-bond acceptors (Lipinski definition) is 4. The standard InChI is InChI=1S/C9H17NO4/c1-6(13-4)7(11)10-9(2,3)8(12)14-5/h6H,1-5H3,(H,10,11). The summed E-state index contributed by atoms with van der Waals surface area (Å²) in [6.45, 7) is 4.74. The minimum atomic E-state index is -1.03. The van der Waals surface area contributed by atoms with Gasteiger partial charge in [-0.25, -0.2) is 4.79 Å². The Morgan fingerprint density at radius 3 is 2.14 bits per heavy atom. The van der Waals surface area contributed by atoms with Gasteiger partial charge >= 0.3 is 5.97 Å². The van der Waals surface area contributed by atoms with E-state index in [1.807, 2.05) is 0 Å². The lowest BCUT2D eigenvalue weighted by Gasteiger charge is -2.24. The van der Waals surface area contributed by atoms with Crippen LogP contribution in [0.1, 0.15) is 20.8 Å². The zero-order valence-electron chi connectivity index (χ0n) is 9.21. The number of methoxy groups -OCH3 is 2. The molecule has 5 heteroatoms. The van der Waals surface area contributed by atoms with Crippen LogP contribution < -0.4 is 5.32 Å². The Labute approximate surface area is 83.8 Å². The molecule has 0 aliphatic heterocycles. The van der Waals surface area contributed by atoms with Crippen LogP contribution >= 0.6 is 0 Å². The van der Waals surface area contributed by atoms with Crippen LogP contribution in [0.25, 0.3) is 0 Å². The van der Waals surface area contributed by atoms with Gasteiger partial charge in [0.25, 0.3) is 0 Å². The molecule has 0 aliphatic rings. The van der Waals surface area contributed by atoms with Crippen molar-refractivity contribution in [2.45, 2.75) is 32.4 Å². The molecule has 0 heterocycles. The number of hydrogen-bond donors (Lipinski definition) is 1. The van der Waals surface area contributed by atoms with E-state index in [9.17, 15) is 9.59 Å². The Morgan fingerprint density at radius 1 is 1.29 bits per heavy atom. The second-order valence-corrected chi connectivity index (χ2v) is 3.48. The van der Waals surface area contributed by atoms with Gasteiger partial charge in [0.05, 0.1) is 7.11 Å². The number of esters is 1. The fourth-order valence-corrected chi connectivity index (χ4v) is 0.823. The second-order valence-electron chi connectivity index (χ2n) is 3.48. The minimum Gasteiger partial charge on any atom is -0.467 e. The van der Waals surface area contributed by atoms with Gasteiger partial charge in [0.2, 0.25) is 5.91 Å². The Kier molecular flexibility index (Phi) is 4.56. The maximum absolute atomic E-state index is 11.4. The van der Waals surface area contributed by atoms with Gasteiger partial charge in [0, 0.05) is 7.11 Å². The van der Waals surface area contributed by atoms with Crippen molar-refractivity contribution in [3.63, 3.8) is 0 Å². The predicted molar refractivity (Wildman–Crippen MR) is 50.7 cm³/mol. The smallest absolute Gasteiger partial charge is 0.330 e. The van der Waals surface area contributed by atoms with E-state index in [0.717, 1.165) is 0 Å². The van der Waals surface area contributed by atoms with Crippen LogP contribution in [0.5, 0.6) is 0 Å². The first-order valence-corrected chi connectivity index (χ1v) is 4.28. The van der Waals surface area contributed by atoms with Crippen molar-refractivity contribution >= 4 is 11.9 Å². The van der Waals surface area contributed by atoms with E-state index >= 15 is 0 Å². The van der Waals surface area contributed by atoms with Gasteiger partial charge < -0.3 is 14.8 Å². The van der Waals surface area contributed by atoms with Crippen molar-refractivity contribution in [1.29, 1.82) is 0 Å². The number of carbonyl (C=O) groups is 2. The van der Waals surface area contributed by atoms with E-state index in [1.54, 1.807) is 20.8 Å². The molecule has 0 spiro atoms. The average molecular weight is 203 g/mol. The maximum atomic E-state index is 11.4. The third kappa shape index (κ3) is 3.33. The van der Waals surface area contributed by atoms with Gasteiger partial charge in [-0.3, -0.25) is 4.79 Å². The third-order valence-electron chi connectivity index (χ3n) is 1.85. The van der Waals surface area contributed by atoms with Gasteiger partial charge in [-0.2, -0.15) is 0 Å². The normalized spacial score (nSPS) is 13.2. The number of ether oxygens (including phenoxy) is 2. The quantitative estimate of drug-likeness (QED) is 0.658. The first-order chi connectivity index (χ1) is 6.35. The van der Waals surface area contributed by atoms with Gasteiger partial charge in [0.1, 0.15) is 11.6 Å². The SMILES string of the molecule is COC(=O)C(C)(C)NC(=O)C(C)OC. The van der Waals surface area contributed by atoms with Crippen LogP contribution in [0.4, 0.5) is 0 Å². The van der Waals surface area contributed by atoms with Gasteiger partial charge in [-0.05, 0) is 20.8 Å². The maximum Gasteiger partial charge on any atom is 0.330 e. The highest BCUT2D eigenvalue weighted by Gasteiger charge is 2.31. The fourth-order valence-electron chi connectivity index (χ4n) is 0.823. The molecule has 1 N–H and O–H groups in total. The van der Waals surface area contributed by atoms with E-state index in [-0.39, 0.29) is 5.91 Å². The topological polar surface area (TPSA) is 64.6 Å². The number of rotatable bonds is 4. The van der Waals surface area contributed by atoms with Crippen molar-refractivity contribution in [3.8, 4) is 0 Å². The van der Waals surface area contributed by atoms with Gasteiger partial charge in [-0.15, -0.1) is 0 Å². The molecule has 0 aliphatic carbocycles. The molecule has 0 fully saturated rings. The zero-order chi connectivity index (χ0) is 11.4. The highest BCUT2D eigenvalue weighted by molar-refractivity contribution is 5.89. The van der Waals surface area contributed by atoms with Crippen molar-refractivity contribution in [3.05, 3.63) is 0 Å². The monoisotopic (exact) mass is 203 g/mol. The molecule has 1 unspecified atom stereocenters. The molecule has 0 aromatic rings. The minimum absolute atomic E-state index is 0.345. The molecule has 1 amide bonds. The molecule has 0 radical (unpaired) electrons. The largest absolute Gasteiger partial charge is 0.467 e. The number of amides is 1. The highest BCUT2D eigenvalue weighted by atomic mass is 16.5. The van der Waals surface area contributed by atoms with E-state index in [0.29, 0.717) is 0 Å². The molecule has 0 aromatic carbocycles. The fraction of sp³-hybridized carbons (Fsp3) is 0.778. The van der Waals surface area contributed by atoms with Crippen molar-refractivity contribution in [2.24, 2.45) is 0 Å². The third-order valence-corrected chi connectivity index (χ3v) is 1.85. The summed E-state index contributed by atoms with van der Waals surface area (Å²) in [5.41, 5.74) is -1.03. The molecule has 14 heavy (non-hydrogen) atoms. The van der Waals surface area contributed by atoms with E-state index in [4.69, 9.17) is 4.74 Å². The Morgan fingerprint density at radius 2 is 1.79 bits per heavy atom. The summed E-state index contributed by atoms with van der Waals surface area (Å²) in [4.78, 5) is 22.6. The Balaban J connectivity index is 4.36. The first kappa shape index (κ1) is 12.9. The number of carbonyl (C=O) groups excluding carboxylic acids is 2. The lowest BCUT2D eigenvalue weighted by Crippen LogP contribution is -2.53. The number of nitrogens with one attached hydrogen (secondary N) is 1. The van der Waals surface area contributed by atoms with Crippen LogP contribution in [-0.4, -0.2) is 37.7 Å². The Hall–Kier alpha value is -1.10. The van der Waals surface area contributed by atoms with Crippen LogP contribution in [0.2, 0.25) is 0 Å². The lowest BCUT2D eigenvalue weighted by molar-refractivity contribution is -0.150. The summed E-state index contributed by atoms with van der Waals surface area (Å²) in [5, 5.41) is 2.52. The summed E-state index contributed by atoms with van der Waals surface area (Å²) in [5.74, 6) is -0.836. The average Bonchev–Trinajstić information content (AvgIpc) is 2.14. The van der Waals surface area contributed by atoms with Crippen LogP contribution in [0.3, 0.4) is 0 Å². The van der Waals surface area contributed by atoms with Crippen molar-refractivity contribution in [2.75, 3.05) is 14.2 Å². The van der Waals surface area contributed by atoms with Crippen molar-refractivity contribution in [1.82, 2.24) is 5.32 Å². The lowest BCUT2D eigenvalue weighted by atomic mass is 10.1. The molecule has 0 saturated heterocycles. The van der Waals surface area contributed by atoms with Gasteiger partial charge in [-0.1, -0.05) is 0 Å². The van der Waals surface area contributed by atoms with E-state index in [2.05, 4.69) is 10.1 Å². The van der Waals surface area contributed by atoms with Gasteiger partial charge in [0.15, 0.2) is 0 Å². The summed E-state index contributed by atoms with van der Waals surface area (Å²) in [6.07, 6.45) is -0.584. The molecule has 0 aromatic heterocycles. The van der Waals surface area contributed by atoms with Crippen LogP contribution in [-0.2, 0) is 19.1 Å². The van der Waals surface area contributed by atoms with Crippen molar-refractivity contribution < 1.29 is 19.1 Å². The summed E-state index contributed by atoms with van der Waals surface area (Å²) in [7, 11) is 2.70. The summed E-state index contributed by atoms with van der Waals surface area (Å²) < 4.78 is 9.34. The molecule has 82 valence electrons.